The van der Waals surface area contributed by atoms with Gasteiger partial charge in [0.15, 0.2) is 6.10 Å². The molecule has 3 aromatic rings. The zero-order chi connectivity index (χ0) is 23.5. The number of ether oxygens (including phenoxy) is 1. The Labute approximate surface area is 193 Å². The second-order valence-electron chi connectivity index (χ2n) is 7.66. The average Bonchev–Trinajstić information content (AvgIpc) is 2.70. The van der Waals surface area contributed by atoms with E-state index in [1.165, 1.54) is 24.3 Å². The number of nitrogens with one attached hydrogen (secondary N) is 2. The van der Waals surface area contributed by atoms with Crippen molar-refractivity contribution in [2.45, 2.75) is 38.7 Å². The average molecular weight is 473 g/mol. The van der Waals surface area contributed by atoms with E-state index in [1.54, 1.807) is 32.0 Å². The van der Waals surface area contributed by atoms with Crippen molar-refractivity contribution in [2.24, 2.45) is 0 Å². The van der Waals surface area contributed by atoms with Crippen molar-refractivity contribution in [3.63, 3.8) is 0 Å². The van der Waals surface area contributed by atoms with Gasteiger partial charge < -0.3 is 10.1 Å². The summed E-state index contributed by atoms with van der Waals surface area (Å²) in [6, 6.07) is 16.6. The number of hydrogen-bond acceptors (Lipinski definition) is 4. The number of rotatable bonds is 7. The van der Waals surface area contributed by atoms with Crippen LogP contribution < -0.4 is 14.8 Å². The van der Waals surface area contributed by atoms with Crippen LogP contribution in [0.25, 0.3) is 0 Å². The van der Waals surface area contributed by atoms with Crippen LogP contribution in [0.2, 0.25) is 5.02 Å². The molecule has 6 nitrogen and oxygen atoms in total. The van der Waals surface area contributed by atoms with Crippen LogP contribution in [0.3, 0.4) is 0 Å². The zero-order valence-corrected chi connectivity index (χ0v) is 19.8. The minimum absolute atomic E-state index is 0.0643. The topological polar surface area (TPSA) is 84.5 Å². The van der Waals surface area contributed by atoms with Gasteiger partial charge in [0, 0.05) is 10.7 Å². The SMILES string of the molecule is Cc1cc(C)cc(O[C@@H](C)C(=O)Nc2ccc(S(=O)(=O)Nc3cc(Cl)ccc3C)cc2)c1. The van der Waals surface area contributed by atoms with Gasteiger partial charge in [-0.15, -0.1) is 0 Å². The Hall–Kier alpha value is -3.03. The molecule has 32 heavy (non-hydrogen) atoms. The predicted molar refractivity (Wildman–Crippen MR) is 128 cm³/mol. The number of sulfonamides is 1. The Morgan fingerprint density at radius 2 is 1.56 bits per heavy atom. The summed E-state index contributed by atoms with van der Waals surface area (Å²) in [6.07, 6.45) is -0.730. The first kappa shape index (κ1) is 23.6. The fourth-order valence-electron chi connectivity index (χ4n) is 3.13. The van der Waals surface area contributed by atoms with Crippen molar-refractivity contribution in [3.05, 3.63) is 82.4 Å². The number of hydrogen-bond donors (Lipinski definition) is 2. The number of carbonyl (C=O) groups excluding carboxylic acids is 1. The van der Waals surface area contributed by atoms with E-state index in [4.69, 9.17) is 16.3 Å². The molecule has 168 valence electrons. The van der Waals surface area contributed by atoms with E-state index in [2.05, 4.69) is 10.0 Å². The lowest BCUT2D eigenvalue weighted by Gasteiger charge is -2.16. The zero-order valence-electron chi connectivity index (χ0n) is 18.3. The lowest BCUT2D eigenvalue weighted by molar-refractivity contribution is -0.122. The second-order valence-corrected chi connectivity index (χ2v) is 9.78. The molecule has 2 N–H and O–H groups in total. The van der Waals surface area contributed by atoms with Gasteiger partial charge in [0.2, 0.25) is 0 Å². The monoisotopic (exact) mass is 472 g/mol. The number of halogens is 1. The number of amides is 1. The highest BCUT2D eigenvalue weighted by molar-refractivity contribution is 7.92. The molecule has 1 atom stereocenters. The fraction of sp³-hybridized carbons (Fsp3) is 0.208. The molecule has 0 radical (unpaired) electrons. The van der Waals surface area contributed by atoms with E-state index in [9.17, 15) is 13.2 Å². The minimum atomic E-state index is -3.81. The molecule has 8 heteroatoms. The summed E-state index contributed by atoms with van der Waals surface area (Å²) in [6.45, 7) is 7.36. The van der Waals surface area contributed by atoms with E-state index < -0.39 is 16.1 Å². The first-order chi connectivity index (χ1) is 15.0. The van der Waals surface area contributed by atoms with Gasteiger partial charge in [0.25, 0.3) is 15.9 Å². The first-order valence-electron chi connectivity index (χ1n) is 9.98. The molecular weight excluding hydrogens is 448 g/mol. The molecule has 0 aromatic heterocycles. The Balaban J connectivity index is 1.66. The van der Waals surface area contributed by atoms with Crippen LogP contribution in [0.5, 0.6) is 5.75 Å². The van der Waals surface area contributed by atoms with E-state index in [0.717, 1.165) is 16.7 Å². The van der Waals surface area contributed by atoms with Crippen molar-refractivity contribution >= 4 is 38.9 Å². The normalized spacial score (nSPS) is 12.2. The largest absolute Gasteiger partial charge is 0.481 e. The Bertz CT molecular complexity index is 1220. The number of anilines is 2. The molecule has 0 spiro atoms. The third-order valence-corrected chi connectivity index (χ3v) is 6.37. The van der Waals surface area contributed by atoms with Gasteiger partial charge in [-0.1, -0.05) is 23.7 Å². The summed E-state index contributed by atoms with van der Waals surface area (Å²) in [7, 11) is -3.81. The van der Waals surface area contributed by atoms with Crippen molar-refractivity contribution in [1.82, 2.24) is 0 Å². The maximum atomic E-state index is 12.7. The number of carbonyl (C=O) groups is 1. The lowest BCUT2D eigenvalue weighted by atomic mass is 10.1. The van der Waals surface area contributed by atoms with Crippen LogP contribution >= 0.6 is 11.6 Å². The third-order valence-electron chi connectivity index (χ3n) is 4.75. The smallest absolute Gasteiger partial charge is 0.265 e. The molecule has 0 saturated carbocycles. The van der Waals surface area contributed by atoms with Crippen molar-refractivity contribution in [1.29, 1.82) is 0 Å². The summed E-state index contributed by atoms with van der Waals surface area (Å²) in [5.41, 5.74) is 3.72. The van der Waals surface area contributed by atoms with Crippen LogP contribution in [0.4, 0.5) is 11.4 Å². The van der Waals surface area contributed by atoms with Crippen LogP contribution in [0.15, 0.2) is 65.6 Å². The predicted octanol–water partition coefficient (Wildman–Crippen LogP) is 5.47. The molecule has 0 heterocycles. The third kappa shape index (κ3) is 6.02. The fourth-order valence-corrected chi connectivity index (χ4v) is 4.42. The van der Waals surface area contributed by atoms with E-state index in [1.807, 2.05) is 32.0 Å². The van der Waals surface area contributed by atoms with Crippen LogP contribution in [0, 0.1) is 20.8 Å². The molecule has 0 aliphatic heterocycles. The summed E-state index contributed by atoms with van der Waals surface area (Å²) in [5, 5.41) is 3.17. The molecule has 3 aromatic carbocycles. The highest BCUT2D eigenvalue weighted by atomic mass is 35.5. The Morgan fingerprint density at radius 3 is 2.19 bits per heavy atom. The van der Waals surface area contributed by atoms with E-state index in [-0.39, 0.29) is 10.8 Å². The van der Waals surface area contributed by atoms with Crippen LogP contribution in [-0.4, -0.2) is 20.4 Å². The summed E-state index contributed by atoms with van der Waals surface area (Å²) in [4.78, 5) is 12.6. The van der Waals surface area contributed by atoms with Crippen LogP contribution in [0.1, 0.15) is 23.6 Å². The molecule has 3 rings (SSSR count). The van der Waals surface area contributed by atoms with Gasteiger partial charge in [-0.2, -0.15) is 0 Å². The van der Waals surface area contributed by atoms with Gasteiger partial charge in [-0.05, 0) is 92.9 Å². The van der Waals surface area contributed by atoms with Crippen molar-refractivity contribution in [2.75, 3.05) is 10.0 Å². The van der Waals surface area contributed by atoms with E-state index in [0.29, 0.717) is 22.1 Å². The molecule has 0 fully saturated rings. The molecule has 0 aliphatic rings. The summed E-state index contributed by atoms with van der Waals surface area (Å²) >= 11 is 5.97. The molecular formula is C24H25ClN2O4S. The molecule has 0 saturated heterocycles. The van der Waals surface area contributed by atoms with Crippen molar-refractivity contribution < 1.29 is 17.9 Å². The van der Waals surface area contributed by atoms with Gasteiger partial charge in [0.05, 0.1) is 10.6 Å². The number of aryl methyl sites for hydroxylation is 3. The van der Waals surface area contributed by atoms with Gasteiger partial charge in [-0.25, -0.2) is 8.42 Å². The maximum absolute atomic E-state index is 12.7. The standard InChI is InChI=1S/C24H25ClN2O4S/c1-15-11-16(2)13-21(12-15)31-18(4)24(28)26-20-7-9-22(10-8-20)32(29,30)27-23-14-19(25)6-5-17(23)3/h5-14,18,27H,1-4H3,(H,26,28)/t18-/m0/s1. The molecule has 1 amide bonds. The molecule has 0 bridgehead atoms. The quantitative estimate of drug-likeness (QED) is 0.477. The highest BCUT2D eigenvalue weighted by Gasteiger charge is 2.18. The Kier molecular flexibility index (Phi) is 7.11. The summed E-state index contributed by atoms with van der Waals surface area (Å²) < 4.78 is 33.7. The van der Waals surface area contributed by atoms with E-state index >= 15 is 0 Å². The maximum Gasteiger partial charge on any atom is 0.265 e. The first-order valence-corrected chi connectivity index (χ1v) is 11.8. The molecule has 0 aliphatic carbocycles. The Morgan fingerprint density at radius 1 is 0.938 bits per heavy atom. The molecule has 0 unspecified atom stereocenters. The number of benzene rings is 3. The highest BCUT2D eigenvalue weighted by Crippen LogP contribution is 2.24. The van der Waals surface area contributed by atoms with Gasteiger partial charge in [-0.3, -0.25) is 9.52 Å². The van der Waals surface area contributed by atoms with Gasteiger partial charge in [0.1, 0.15) is 5.75 Å². The second kappa shape index (κ2) is 9.63. The lowest BCUT2D eigenvalue weighted by Crippen LogP contribution is -2.30. The van der Waals surface area contributed by atoms with Crippen molar-refractivity contribution in [3.8, 4) is 5.75 Å². The minimum Gasteiger partial charge on any atom is -0.481 e. The summed E-state index contributed by atoms with van der Waals surface area (Å²) in [5.74, 6) is 0.279. The van der Waals surface area contributed by atoms with Gasteiger partial charge >= 0.3 is 0 Å². The van der Waals surface area contributed by atoms with Crippen LogP contribution in [-0.2, 0) is 14.8 Å².